The molecule has 0 fully saturated rings. The minimum Gasteiger partial charge on any atom is -0.481 e. The zero-order valence-electron chi connectivity index (χ0n) is 12.6. The average Bonchev–Trinajstić information content (AvgIpc) is 2.46. The molecular weight excluding hydrogens is 286 g/mol. The smallest absolute Gasteiger partial charge is 0.305 e. The number of hydrogen-bond acceptors (Lipinski definition) is 3. The molecule has 0 saturated heterocycles. The monoisotopic (exact) mass is 309 g/mol. The molecule has 1 atom stereocenters. The number of aliphatic carboxylic acids is 1. The largest absolute Gasteiger partial charge is 0.481 e. The summed E-state index contributed by atoms with van der Waals surface area (Å²) in [6.07, 6.45) is 5.25. The molecular formula is C16H23NO3S. The lowest BCUT2D eigenvalue weighted by Gasteiger charge is -2.18. The molecule has 1 aromatic rings. The third-order valence-corrected chi connectivity index (χ3v) is 3.98. The molecule has 0 bridgehead atoms. The van der Waals surface area contributed by atoms with Crippen LogP contribution in [0.4, 0.5) is 0 Å². The first kappa shape index (κ1) is 17.6. The normalized spacial score (nSPS) is 11.9. The van der Waals surface area contributed by atoms with Gasteiger partial charge in [0.2, 0.25) is 5.91 Å². The summed E-state index contributed by atoms with van der Waals surface area (Å²) in [5.41, 5.74) is 0.832. The lowest BCUT2D eigenvalue weighted by atomic mass is 10.0. The Hall–Kier alpha value is -1.49. The number of carboxylic acid groups (broad SMARTS) is 1. The summed E-state index contributed by atoms with van der Waals surface area (Å²) >= 11 is 1.63. The second-order valence-electron chi connectivity index (χ2n) is 4.95. The van der Waals surface area contributed by atoms with Crippen LogP contribution in [0.1, 0.15) is 50.6 Å². The summed E-state index contributed by atoms with van der Waals surface area (Å²) in [6, 6.07) is 7.18. The second-order valence-corrected chi connectivity index (χ2v) is 5.83. The molecule has 1 unspecified atom stereocenters. The first-order valence-corrected chi connectivity index (χ1v) is 8.44. The van der Waals surface area contributed by atoms with E-state index in [4.69, 9.17) is 5.11 Å². The van der Waals surface area contributed by atoms with Gasteiger partial charge in [-0.05, 0) is 30.4 Å². The third-order valence-electron chi connectivity index (χ3n) is 3.24. The Kier molecular flexibility index (Phi) is 7.90. The van der Waals surface area contributed by atoms with Gasteiger partial charge in [-0.1, -0.05) is 31.9 Å². The molecule has 0 radical (unpaired) electrons. The van der Waals surface area contributed by atoms with E-state index >= 15 is 0 Å². The predicted molar refractivity (Wildman–Crippen MR) is 85.5 cm³/mol. The number of nitrogens with one attached hydrogen (secondary N) is 1. The molecule has 21 heavy (non-hydrogen) atoms. The van der Waals surface area contributed by atoms with E-state index < -0.39 is 12.0 Å². The van der Waals surface area contributed by atoms with Crippen molar-refractivity contribution in [1.82, 2.24) is 5.32 Å². The van der Waals surface area contributed by atoms with Gasteiger partial charge < -0.3 is 10.4 Å². The van der Waals surface area contributed by atoms with Crippen molar-refractivity contribution >= 4 is 23.6 Å². The minimum atomic E-state index is -0.914. The maximum Gasteiger partial charge on any atom is 0.305 e. The molecule has 1 rings (SSSR count). The highest BCUT2D eigenvalue weighted by Gasteiger charge is 2.17. The number of carbonyl (C=O) groups is 2. The van der Waals surface area contributed by atoms with Crippen molar-refractivity contribution in [1.29, 1.82) is 0 Å². The first-order valence-electron chi connectivity index (χ1n) is 7.22. The Morgan fingerprint density at radius 3 is 2.43 bits per heavy atom. The number of rotatable bonds is 9. The Morgan fingerprint density at radius 2 is 1.90 bits per heavy atom. The Morgan fingerprint density at radius 1 is 1.24 bits per heavy atom. The van der Waals surface area contributed by atoms with Gasteiger partial charge in [-0.2, -0.15) is 0 Å². The standard InChI is InChI=1S/C16H23NO3S/c1-3-4-5-6-15(18)17-14(11-16(19)20)12-7-9-13(21-2)10-8-12/h7-10,14H,3-6,11H2,1-2H3,(H,17,18)(H,19,20). The zero-order valence-corrected chi connectivity index (χ0v) is 13.4. The van der Waals surface area contributed by atoms with Crippen LogP contribution in [0.25, 0.3) is 0 Å². The van der Waals surface area contributed by atoms with E-state index in [2.05, 4.69) is 12.2 Å². The van der Waals surface area contributed by atoms with Crippen LogP contribution < -0.4 is 5.32 Å². The first-order chi connectivity index (χ1) is 10.1. The van der Waals surface area contributed by atoms with Gasteiger partial charge in [-0.25, -0.2) is 0 Å². The fraction of sp³-hybridized carbons (Fsp3) is 0.500. The molecule has 0 aliphatic heterocycles. The highest BCUT2D eigenvalue weighted by molar-refractivity contribution is 7.98. The number of hydrogen-bond donors (Lipinski definition) is 2. The summed E-state index contributed by atoms with van der Waals surface area (Å²) in [4.78, 5) is 24.0. The maximum absolute atomic E-state index is 11.9. The zero-order chi connectivity index (χ0) is 15.7. The van der Waals surface area contributed by atoms with Crippen LogP contribution >= 0.6 is 11.8 Å². The van der Waals surface area contributed by atoms with Crippen molar-refractivity contribution in [2.24, 2.45) is 0 Å². The number of carbonyl (C=O) groups excluding carboxylic acids is 1. The summed E-state index contributed by atoms with van der Waals surface area (Å²) in [5.74, 6) is -0.994. The van der Waals surface area contributed by atoms with E-state index in [1.165, 1.54) is 0 Å². The molecule has 116 valence electrons. The summed E-state index contributed by atoms with van der Waals surface area (Å²) in [5, 5.41) is 11.9. The number of unbranched alkanes of at least 4 members (excludes halogenated alkanes) is 2. The maximum atomic E-state index is 11.9. The van der Waals surface area contributed by atoms with Crippen molar-refractivity contribution < 1.29 is 14.7 Å². The number of benzene rings is 1. The Labute approximate surface area is 130 Å². The van der Waals surface area contributed by atoms with E-state index in [9.17, 15) is 9.59 Å². The molecule has 0 spiro atoms. The highest BCUT2D eigenvalue weighted by atomic mass is 32.2. The van der Waals surface area contributed by atoms with Crippen LogP contribution in [-0.2, 0) is 9.59 Å². The molecule has 1 amide bonds. The van der Waals surface area contributed by atoms with Gasteiger partial charge in [0.15, 0.2) is 0 Å². The van der Waals surface area contributed by atoms with E-state index in [1.54, 1.807) is 11.8 Å². The van der Waals surface area contributed by atoms with Gasteiger partial charge in [0.1, 0.15) is 0 Å². The Balaban J connectivity index is 2.70. The van der Waals surface area contributed by atoms with Crippen LogP contribution in [-0.4, -0.2) is 23.2 Å². The fourth-order valence-corrected chi connectivity index (χ4v) is 2.47. The number of thioether (sulfide) groups is 1. The SMILES string of the molecule is CCCCCC(=O)NC(CC(=O)O)c1ccc(SC)cc1. The predicted octanol–water partition coefficient (Wildman–Crippen LogP) is 3.62. The molecule has 4 nitrogen and oxygen atoms in total. The topological polar surface area (TPSA) is 66.4 Å². The van der Waals surface area contributed by atoms with Gasteiger partial charge in [-0.15, -0.1) is 11.8 Å². The Bertz CT molecular complexity index is 459. The van der Waals surface area contributed by atoms with Crippen molar-refractivity contribution in [3.05, 3.63) is 29.8 Å². The molecule has 0 aliphatic rings. The van der Waals surface area contributed by atoms with Gasteiger partial charge in [-0.3, -0.25) is 9.59 Å². The van der Waals surface area contributed by atoms with Crippen LogP contribution in [0, 0.1) is 0 Å². The van der Waals surface area contributed by atoms with Crippen LogP contribution in [0.15, 0.2) is 29.2 Å². The van der Waals surface area contributed by atoms with E-state index in [0.29, 0.717) is 6.42 Å². The van der Waals surface area contributed by atoms with E-state index in [0.717, 1.165) is 29.7 Å². The second kappa shape index (κ2) is 9.45. The summed E-state index contributed by atoms with van der Waals surface area (Å²) < 4.78 is 0. The fourth-order valence-electron chi connectivity index (χ4n) is 2.07. The van der Waals surface area contributed by atoms with E-state index in [1.807, 2.05) is 30.5 Å². The van der Waals surface area contributed by atoms with Crippen molar-refractivity contribution in [3.63, 3.8) is 0 Å². The van der Waals surface area contributed by atoms with Crippen molar-refractivity contribution in [3.8, 4) is 0 Å². The van der Waals surface area contributed by atoms with Crippen molar-refractivity contribution in [2.75, 3.05) is 6.26 Å². The lowest BCUT2D eigenvalue weighted by molar-refractivity contribution is -0.137. The summed E-state index contributed by atoms with van der Waals surface area (Å²) in [6.45, 7) is 2.08. The van der Waals surface area contributed by atoms with Crippen molar-refractivity contribution in [2.45, 2.75) is 50.0 Å². The quantitative estimate of drug-likeness (QED) is 0.540. The van der Waals surface area contributed by atoms with Gasteiger partial charge in [0.25, 0.3) is 0 Å². The molecule has 0 aromatic heterocycles. The minimum absolute atomic E-state index is 0.0800. The van der Waals surface area contributed by atoms with Gasteiger partial charge in [0, 0.05) is 11.3 Å². The summed E-state index contributed by atoms with van der Waals surface area (Å²) in [7, 11) is 0. The van der Waals surface area contributed by atoms with Crippen LogP contribution in [0.5, 0.6) is 0 Å². The molecule has 0 heterocycles. The lowest BCUT2D eigenvalue weighted by Crippen LogP contribution is -2.30. The third kappa shape index (κ3) is 6.67. The van der Waals surface area contributed by atoms with Gasteiger partial charge in [0.05, 0.1) is 12.5 Å². The average molecular weight is 309 g/mol. The van der Waals surface area contributed by atoms with Crippen LogP contribution in [0.3, 0.4) is 0 Å². The molecule has 5 heteroatoms. The van der Waals surface area contributed by atoms with Crippen LogP contribution in [0.2, 0.25) is 0 Å². The van der Waals surface area contributed by atoms with E-state index in [-0.39, 0.29) is 12.3 Å². The number of carboxylic acids is 1. The van der Waals surface area contributed by atoms with Gasteiger partial charge >= 0.3 is 5.97 Å². The molecule has 0 aliphatic carbocycles. The highest BCUT2D eigenvalue weighted by Crippen LogP contribution is 2.21. The number of amides is 1. The molecule has 1 aromatic carbocycles. The molecule has 0 saturated carbocycles. The molecule has 2 N–H and O–H groups in total.